The Hall–Kier alpha value is 0. The van der Waals surface area contributed by atoms with Gasteiger partial charge in [0.15, 0.2) is 0 Å². The Morgan fingerprint density at radius 1 is 1.18 bits per heavy atom. The Morgan fingerprint density at radius 3 is 2.55 bits per heavy atom. The molecular weight excluding hydrogens is 132 g/mol. The van der Waals surface area contributed by atoms with Crippen molar-refractivity contribution in [2.75, 3.05) is 0 Å². The van der Waals surface area contributed by atoms with E-state index < -0.39 is 0 Å². The Labute approximate surface area is 71.4 Å². The molecule has 0 aromatic heterocycles. The lowest BCUT2D eigenvalue weighted by atomic mass is 9.74. The zero-order chi connectivity index (χ0) is 8.32. The van der Waals surface area contributed by atoms with E-state index in [2.05, 4.69) is 20.8 Å². The third-order valence-electron chi connectivity index (χ3n) is 3.16. The Bertz CT molecular complexity index is 113. The van der Waals surface area contributed by atoms with Gasteiger partial charge in [0.2, 0.25) is 0 Å². The third kappa shape index (κ3) is 2.21. The lowest BCUT2D eigenvalue weighted by Crippen LogP contribution is -2.19. The van der Waals surface area contributed by atoms with Crippen LogP contribution >= 0.6 is 0 Å². The average molecular weight is 153 g/mol. The second kappa shape index (κ2) is 3.60. The lowest BCUT2D eigenvalue weighted by Gasteiger charge is -2.31. The molecular formula is C11H21. The van der Waals surface area contributed by atoms with Gasteiger partial charge >= 0.3 is 0 Å². The topological polar surface area (TPSA) is 0 Å². The molecule has 0 heteroatoms. The van der Waals surface area contributed by atoms with Gasteiger partial charge in [-0.2, -0.15) is 0 Å². The highest BCUT2D eigenvalue weighted by atomic mass is 14.3. The van der Waals surface area contributed by atoms with Crippen LogP contribution in [0.1, 0.15) is 59.3 Å². The summed E-state index contributed by atoms with van der Waals surface area (Å²) in [5.74, 6) is 1.80. The van der Waals surface area contributed by atoms with Crippen molar-refractivity contribution in [2.24, 2.45) is 5.41 Å². The molecule has 0 bridgehead atoms. The monoisotopic (exact) mass is 153 g/mol. The molecule has 0 amide bonds. The zero-order valence-electron chi connectivity index (χ0n) is 8.24. The summed E-state index contributed by atoms with van der Waals surface area (Å²) in [5, 5.41) is 0. The zero-order valence-corrected chi connectivity index (χ0v) is 8.24. The van der Waals surface area contributed by atoms with Crippen LogP contribution in [0.25, 0.3) is 0 Å². The Kier molecular flexibility index (Phi) is 2.98. The maximum atomic E-state index is 2.41. The molecule has 11 heavy (non-hydrogen) atoms. The van der Waals surface area contributed by atoms with Gasteiger partial charge in [0.25, 0.3) is 0 Å². The van der Waals surface area contributed by atoms with Crippen molar-refractivity contribution in [3.05, 3.63) is 5.92 Å². The van der Waals surface area contributed by atoms with E-state index in [1.54, 1.807) is 5.92 Å². The van der Waals surface area contributed by atoms with Gasteiger partial charge in [-0.25, -0.2) is 0 Å². The summed E-state index contributed by atoms with van der Waals surface area (Å²) >= 11 is 0. The summed E-state index contributed by atoms with van der Waals surface area (Å²) in [5.41, 5.74) is 0.547. The Morgan fingerprint density at radius 2 is 1.91 bits per heavy atom. The Balaban J connectivity index is 2.56. The van der Waals surface area contributed by atoms with E-state index in [0.717, 1.165) is 0 Å². The fraction of sp³-hybridized carbons (Fsp3) is 0.909. The fourth-order valence-corrected chi connectivity index (χ4v) is 2.25. The first-order valence-electron chi connectivity index (χ1n) is 5.02. The summed E-state index contributed by atoms with van der Waals surface area (Å²) in [6, 6.07) is 0. The molecule has 1 aliphatic rings. The van der Waals surface area contributed by atoms with Crippen molar-refractivity contribution in [2.45, 2.75) is 59.3 Å². The molecule has 0 atom stereocenters. The van der Waals surface area contributed by atoms with Crippen LogP contribution in [-0.2, 0) is 0 Å². The SMILES string of the molecule is CC[C]1CCCCCC1(C)C. The van der Waals surface area contributed by atoms with E-state index in [4.69, 9.17) is 0 Å². The third-order valence-corrected chi connectivity index (χ3v) is 3.16. The van der Waals surface area contributed by atoms with Crippen LogP contribution in [0.2, 0.25) is 0 Å². The van der Waals surface area contributed by atoms with Crippen LogP contribution in [-0.4, -0.2) is 0 Å². The molecule has 0 aromatic rings. The van der Waals surface area contributed by atoms with Crippen molar-refractivity contribution < 1.29 is 0 Å². The lowest BCUT2D eigenvalue weighted by molar-refractivity contribution is 0.336. The van der Waals surface area contributed by atoms with Crippen LogP contribution in [0.15, 0.2) is 0 Å². The van der Waals surface area contributed by atoms with E-state index in [9.17, 15) is 0 Å². The minimum atomic E-state index is 0.547. The number of hydrogen-bond donors (Lipinski definition) is 0. The molecule has 1 saturated carbocycles. The average Bonchev–Trinajstić information content (AvgIpc) is 2.10. The second-order valence-corrected chi connectivity index (χ2v) is 4.40. The fourth-order valence-electron chi connectivity index (χ4n) is 2.25. The van der Waals surface area contributed by atoms with Gasteiger partial charge in [-0.3, -0.25) is 0 Å². The van der Waals surface area contributed by atoms with Gasteiger partial charge in [-0.15, -0.1) is 0 Å². The molecule has 0 N–H and O–H groups in total. The van der Waals surface area contributed by atoms with Crippen molar-refractivity contribution in [1.29, 1.82) is 0 Å². The van der Waals surface area contributed by atoms with E-state index in [-0.39, 0.29) is 0 Å². The van der Waals surface area contributed by atoms with E-state index in [0.29, 0.717) is 5.41 Å². The van der Waals surface area contributed by atoms with Crippen LogP contribution < -0.4 is 0 Å². The smallest absolute Gasteiger partial charge is 0.0187 e. The molecule has 1 rings (SSSR count). The van der Waals surface area contributed by atoms with Crippen molar-refractivity contribution in [1.82, 2.24) is 0 Å². The molecule has 0 spiro atoms. The molecule has 0 heterocycles. The summed E-state index contributed by atoms with van der Waals surface area (Å²) in [6.07, 6.45) is 8.43. The van der Waals surface area contributed by atoms with Gasteiger partial charge in [0, 0.05) is 0 Å². The van der Waals surface area contributed by atoms with Gasteiger partial charge in [-0.05, 0) is 30.6 Å². The maximum Gasteiger partial charge on any atom is -0.0187 e. The number of hydrogen-bond acceptors (Lipinski definition) is 0. The molecule has 0 saturated heterocycles. The van der Waals surface area contributed by atoms with Crippen molar-refractivity contribution >= 4 is 0 Å². The summed E-state index contributed by atoms with van der Waals surface area (Å²) in [7, 11) is 0. The molecule has 65 valence electrons. The number of rotatable bonds is 1. The minimum absolute atomic E-state index is 0.547. The predicted octanol–water partition coefficient (Wildman–Crippen LogP) is 3.96. The quantitative estimate of drug-likeness (QED) is 0.500. The second-order valence-electron chi connectivity index (χ2n) is 4.40. The molecule has 0 nitrogen and oxygen atoms in total. The van der Waals surface area contributed by atoms with E-state index >= 15 is 0 Å². The standard InChI is InChI=1S/C11H21/c1-4-10-8-6-5-7-9-11(10,2)3/h4-9H2,1-3H3. The molecule has 1 aliphatic carbocycles. The van der Waals surface area contributed by atoms with Crippen LogP contribution in [0.4, 0.5) is 0 Å². The summed E-state index contributed by atoms with van der Waals surface area (Å²) < 4.78 is 0. The van der Waals surface area contributed by atoms with Gasteiger partial charge in [0.1, 0.15) is 0 Å². The van der Waals surface area contributed by atoms with Crippen LogP contribution in [0, 0.1) is 11.3 Å². The molecule has 0 aliphatic heterocycles. The van der Waals surface area contributed by atoms with Crippen LogP contribution in [0.5, 0.6) is 0 Å². The molecule has 1 radical (unpaired) electrons. The van der Waals surface area contributed by atoms with Gasteiger partial charge in [0.05, 0.1) is 0 Å². The van der Waals surface area contributed by atoms with E-state index in [1.807, 2.05) is 0 Å². The van der Waals surface area contributed by atoms with Crippen LogP contribution in [0.3, 0.4) is 0 Å². The van der Waals surface area contributed by atoms with Crippen molar-refractivity contribution in [3.8, 4) is 0 Å². The van der Waals surface area contributed by atoms with E-state index in [1.165, 1.54) is 38.5 Å². The largest absolute Gasteiger partial charge is 0.0648 e. The summed E-state index contributed by atoms with van der Waals surface area (Å²) in [4.78, 5) is 0. The highest BCUT2D eigenvalue weighted by Crippen LogP contribution is 2.42. The first-order chi connectivity index (χ1) is 5.17. The van der Waals surface area contributed by atoms with Gasteiger partial charge in [-0.1, -0.05) is 40.0 Å². The summed E-state index contributed by atoms with van der Waals surface area (Å²) in [6.45, 7) is 7.14. The first-order valence-corrected chi connectivity index (χ1v) is 5.02. The highest BCUT2D eigenvalue weighted by Gasteiger charge is 2.29. The minimum Gasteiger partial charge on any atom is -0.0648 e. The maximum absolute atomic E-state index is 2.41. The first kappa shape index (κ1) is 9.09. The molecule has 0 unspecified atom stereocenters. The normalized spacial score (nSPS) is 26.5. The molecule has 1 fully saturated rings. The van der Waals surface area contributed by atoms with Gasteiger partial charge < -0.3 is 0 Å². The predicted molar refractivity (Wildman–Crippen MR) is 50.4 cm³/mol. The van der Waals surface area contributed by atoms with Crippen molar-refractivity contribution in [3.63, 3.8) is 0 Å². The molecule has 0 aromatic carbocycles. The highest BCUT2D eigenvalue weighted by molar-refractivity contribution is 5.02.